The molecule has 170 valence electrons. The van der Waals surface area contributed by atoms with Crippen LogP contribution < -0.4 is 4.74 Å². The number of benzene rings is 2. The monoisotopic (exact) mass is 501 g/mol. The van der Waals surface area contributed by atoms with Crippen LogP contribution in [0.4, 0.5) is 0 Å². The maximum Gasteiger partial charge on any atom is 0.310 e. The summed E-state index contributed by atoms with van der Waals surface area (Å²) in [7, 11) is 0. The van der Waals surface area contributed by atoms with Crippen molar-refractivity contribution in [2.24, 2.45) is 0 Å². The first kappa shape index (κ1) is 22.8. The summed E-state index contributed by atoms with van der Waals surface area (Å²) in [6.07, 6.45) is 1.15. The van der Waals surface area contributed by atoms with E-state index in [0.717, 1.165) is 46.1 Å². The van der Waals surface area contributed by atoms with Crippen molar-refractivity contribution in [3.63, 3.8) is 0 Å². The first-order chi connectivity index (χ1) is 15.6. The van der Waals surface area contributed by atoms with Gasteiger partial charge in [0, 0.05) is 35.1 Å². The molecule has 2 aromatic carbocycles. The van der Waals surface area contributed by atoms with Crippen molar-refractivity contribution >= 4 is 32.8 Å². The van der Waals surface area contributed by atoms with Crippen molar-refractivity contribution in [3.05, 3.63) is 58.2 Å². The topological polar surface area (TPSA) is 76.8 Å². The zero-order valence-electron chi connectivity index (χ0n) is 18.2. The van der Waals surface area contributed by atoms with E-state index in [1.807, 2.05) is 36.4 Å². The molecule has 0 spiro atoms. The van der Waals surface area contributed by atoms with Crippen molar-refractivity contribution in [3.8, 4) is 5.75 Å². The van der Waals surface area contributed by atoms with Gasteiger partial charge < -0.3 is 14.6 Å². The van der Waals surface area contributed by atoms with E-state index in [4.69, 9.17) is 14.6 Å². The highest BCUT2D eigenvalue weighted by molar-refractivity contribution is 9.10. The summed E-state index contributed by atoms with van der Waals surface area (Å²) in [5, 5.41) is 15.2. The van der Waals surface area contributed by atoms with Gasteiger partial charge in [-0.25, -0.2) is 0 Å². The Morgan fingerprint density at radius 3 is 2.94 bits per heavy atom. The lowest BCUT2D eigenvalue weighted by atomic mass is 10.1. The number of carbonyl (C=O) groups excluding carboxylic acids is 1. The van der Waals surface area contributed by atoms with E-state index in [9.17, 15) is 9.90 Å². The van der Waals surface area contributed by atoms with Crippen LogP contribution in [-0.4, -0.2) is 58.6 Å². The summed E-state index contributed by atoms with van der Waals surface area (Å²) < 4.78 is 14.4. The van der Waals surface area contributed by atoms with Gasteiger partial charge in [-0.05, 0) is 37.6 Å². The SMILES string of the molecule is CCOC(=O)Cc1ccccc1OCc1c2cc(Br)ccc2nn1[C@H]1CCN(CCO)C1. The fraction of sp³-hybridized carbons (Fsp3) is 0.417. The number of hydrogen-bond acceptors (Lipinski definition) is 6. The first-order valence-electron chi connectivity index (χ1n) is 10.9. The van der Waals surface area contributed by atoms with Gasteiger partial charge in [0.25, 0.3) is 0 Å². The van der Waals surface area contributed by atoms with Crippen molar-refractivity contribution in [1.82, 2.24) is 14.7 Å². The van der Waals surface area contributed by atoms with Crippen LogP contribution in [0, 0.1) is 0 Å². The summed E-state index contributed by atoms with van der Waals surface area (Å²) in [5.74, 6) is 0.405. The lowest BCUT2D eigenvalue weighted by molar-refractivity contribution is -0.142. The number of carbonyl (C=O) groups is 1. The fourth-order valence-electron chi connectivity index (χ4n) is 4.23. The molecule has 0 radical (unpaired) electrons. The van der Waals surface area contributed by atoms with E-state index in [1.165, 1.54) is 0 Å². The minimum absolute atomic E-state index is 0.161. The summed E-state index contributed by atoms with van der Waals surface area (Å²) in [4.78, 5) is 14.3. The zero-order valence-corrected chi connectivity index (χ0v) is 19.8. The van der Waals surface area contributed by atoms with Crippen molar-refractivity contribution in [2.75, 3.05) is 32.8 Å². The Hall–Kier alpha value is -2.42. The molecule has 0 aliphatic carbocycles. The predicted octanol–water partition coefficient (Wildman–Crippen LogP) is 3.72. The molecule has 8 heteroatoms. The van der Waals surface area contributed by atoms with Gasteiger partial charge in [-0.2, -0.15) is 5.10 Å². The molecule has 0 saturated carbocycles. The van der Waals surface area contributed by atoms with Gasteiger partial charge >= 0.3 is 5.97 Å². The molecule has 32 heavy (non-hydrogen) atoms. The average Bonchev–Trinajstić information content (AvgIpc) is 3.38. The third kappa shape index (κ3) is 5.14. The quantitative estimate of drug-likeness (QED) is 0.450. The average molecular weight is 502 g/mol. The molecule has 0 amide bonds. The van der Waals surface area contributed by atoms with Crippen LogP contribution in [0.15, 0.2) is 46.9 Å². The number of aliphatic hydroxyl groups excluding tert-OH is 1. The van der Waals surface area contributed by atoms with Gasteiger partial charge in [-0.15, -0.1) is 0 Å². The van der Waals surface area contributed by atoms with Gasteiger partial charge in [0.15, 0.2) is 0 Å². The predicted molar refractivity (Wildman–Crippen MR) is 126 cm³/mol. The Balaban J connectivity index is 1.60. The smallest absolute Gasteiger partial charge is 0.310 e. The van der Waals surface area contributed by atoms with Crippen molar-refractivity contribution in [2.45, 2.75) is 32.4 Å². The molecule has 0 bridgehead atoms. The number of rotatable bonds is 9. The van der Waals surface area contributed by atoms with Crippen LogP contribution in [0.2, 0.25) is 0 Å². The molecular formula is C24H28BrN3O4. The van der Waals surface area contributed by atoms with Gasteiger partial charge in [-0.1, -0.05) is 34.1 Å². The van der Waals surface area contributed by atoms with E-state index >= 15 is 0 Å². The Morgan fingerprint density at radius 1 is 1.28 bits per heavy atom. The largest absolute Gasteiger partial charge is 0.487 e. The Bertz CT molecular complexity index is 1080. The molecule has 2 heterocycles. The highest BCUT2D eigenvalue weighted by Gasteiger charge is 2.27. The normalized spacial score (nSPS) is 16.5. The van der Waals surface area contributed by atoms with Crippen molar-refractivity contribution in [1.29, 1.82) is 0 Å². The lowest BCUT2D eigenvalue weighted by Gasteiger charge is -2.18. The number of esters is 1. The van der Waals surface area contributed by atoms with E-state index in [0.29, 0.717) is 25.5 Å². The second-order valence-corrected chi connectivity index (χ2v) is 8.81. The highest BCUT2D eigenvalue weighted by atomic mass is 79.9. The van der Waals surface area contributed by atoms with Crippen LogP contribution >= 0.6 is 15.9 Å². The van der Waals surface area contributed by atoms with Crippen LogP contribution in [0.1, 0.15) is 30.6 Å². The molecule has 0 unspecified atom stereocenters. The molecule has 1 N–H and O–H groups in total. The molecule has 3 aromatic rings. The van der Waals surface area contributed by atoms with E-state index in [-0.39, 0.29) is 25.0 Å². The molecule has 1 saturated heterocycles. The number of halogens is 1. The maximum absolute atomic E-state index is 12.0. The van der Waals surface area contributed by atoms with Crippen LogP contribution in [0.25, 0.3) is 10.9 Å². The summed E-state index contributed by atoms with van der Waals surface area (Å²) in [6, 6.07) is 13.9. The number of hydrogen-bond donors (Lipinski definition) is 1. The Kier molecular flexibility index (Phi) is 7.44. The number of aliphatic hydroxyl groups is 1. The van der Waals surface area contributed by atoms with Crippen LogP contribution in [0.5, 0.6) is 5.75 Å². The minimum Gasteiger partial charge on any atom is -0.487 e. The standard InChI is InChI=1S/C24H28BrN3O4/c1-2-31-24(30)13-17-5-3-4-6-23(17)32-16-22-20-14-18(25)7-8-21(20)26-28(22)19-9-10-27(15-19)11-12-29/h3-8,14,19,29H,2,9-13,15-16H2,1H3/t19-/m0/s1. The summed E-state index contributed by atoms with van der Waals surface area (Å²) in [6.45, 7) is 5.12. The second kappa shape index (κ2) is 10.5. The minimum atomic E-state index is -0.266. The number of nitrogens with zero attached hydrogens (tertiary/aromatic N) is 3. The van der Waals surface area contributed by atoms with Crippen LogP contribution in [0.3, 0.4) is 0 Å². The number of likely N-dealkylation sites (tertiary alicyclic amines) is 1. The highest BCUT2D eigenvalue weighted by Crippen LogP contribution is 2.30. The molecule has 1 aromatic heterocycles. The third-order valence-electron chi connectivity index (χ3n) is 5.75. The van der Waals surface area contributed by atoms with Gasteiger partial charge in [0.2, 0.25) is 0 Å². The molecular weight excluding hydrogens is 474 g/mol. The van der Waals surface area contributed by atoms with Gasteiger partial charge in [0.05, 0.1) is 36.9 Å². The van der Waals surface area contributed by atoms with Crippen molar-refractivity contribution < 1.29 is 19.4 Å². The molecule has 1 atom stereocenters. The number of aromatic nitrogens is 2. The van der Waals surface area contributed by atoms with Gasteiger partial charge in [0.1, 0.15) is 12.4 Å². The van der Waals surface area contributed by atoms with E-state index in [2.05, 4.69) is 31.6 Å². The second-order valence-electron chi connectivity index (χ2n) is 7.90. The van der Waals surface area contributed by atoms with E-state index in [1.54, 1.807) is 6.92 Å². The summed E-state index contributed by atoms with van der Waals surface area (Å²) in [5.41, 5.74) is 2.73. The Labute approximate surface area is 196 Å². The van der Waals surface area contributed by atoms with E-state index < -0.39 is 0 Å². The number of ether oxygens (including phenoxy) is 2. The first-order valence-corrected chi connectivity index (χ1v) is 11.7. The number of β-amino-alcohol motifs (C(OH)–C–C–N with tert-alkyl or cyclic N) is 1. The Morgan fingerprint density at radius 2 is 2.12 bits per heavy atom. The third-order valence-corrected chi connectivity index (χ3v) is 6.24. The zero-order chi connectivity index (χ0) is 22.5. The molecule has 1 fully saturated rings. The van der Waals surface area contributed by atoms with Gasteiger partial charge in [-0.3, -0.25) is 14.4 Å². The molecule has 4 rings (SSSR count). The summed E-state index contributed by atoms with van der Waals surface area (Å²) >= 11 is 3.57. The van der Waals surface area contributed by atoms with Crippen LogP contribution in [-0.2, 0) is 22.6 Å². The molecule has 1 aliphatic rings. The number of para-hydroxylation sites is 1. The number of fused-ring (bicyclic) bond motifs is 1. The lowest BCUT2D eigenvalue weighted by Crippen LogP contribution is -2.25. The molecule has 7 nitrogen and oxygen atoms in total. The molecule has 1 aliphatic heterocycles. The fourth-order valence-corrected chi connectivity index (χ4v) is 4.59. The maximum atomic E-state index is 12.0.